The molecule has 1 rings (SSSR count). The van der Waals surface area contributed by atoms with E-state index < -0.39 is 0 Å². The van der Waals surface area contributed by atoms with Crippen molar-refractivity contribution in [2.75, 3.05) is 13.2 Å². The van der Waals surface area contributed by atoms with Gasteiger partial charge in [0, 0.05) is 5.92 Å². The highest BCUT2D eigenvalue weighted by Gasteiger charge is 2.23. The largest absolute Gasteiger partial charge is 0.390 e. The van der Waals surface area contributed by atoms with Crippen LogP contribution in [0.4, 0.5) is 0 Å². The molecule has 2 atom stereocenters. The lowest BCUT2D eigenvalue weighted by molar-refractivity contribution is 0.118. The Bertz CT molecular complexity index is 72.9. The minimum Gasteiger partial charge on any atom is -0.390 e. The molecular weight excluding hydrogens is 104 g/mol. The van der Waals surface area contributed by atoms with E-state index in [2.05, 4.69) is 6.92 Å². The zero-order valence-corrected chi connectivity index (χ0v) is 5.13. The first-order valence-electron chi connectivity index (χ1n) is 3.10. The van der Waals surface area contributed by atoms with E-state index in [0.717, 1.165) is 13.0 Å². The predicted molar refractivity (Wildman–Crippen MR) is 30.6 cm³/mol. The van der Waals surface area contributed by atoms with E-state index in [1.165, 1.54) is 0 Å². The molecule has 0 aliphatic carbocycles. The van der Waals surface area contributed by atoms with E-state index in [0.29, 0.717) is 12.5 Å². The molecule has 0 amide bonds. The quantitative estimate of drug-likeness (QED) is 0.537. The van der Waals surface area contributed by atoms with Gasteiger partial charge in [0.25, 0.3) is 0 Å². The highest BCUT2D eigenvalue weighted by molar-refractivity contribution is 4.71. The van der Waals surface area contributed by atoms with E-state index in [1.54, 1.807) is 0 Å². The van der Waals surface area contributed by atoms with Crippen molar-refractivity contribution in [2.45, 2.75) is 19.4 Å². The molecule has 1 aliphatic heterocycles. The molecule has 1 N–H and O–H groups in total. The zero-order valence-electron chi connectivity index (χ0n) is 5.13. The number of aliphatic hydroxyl groups excluding tert-OH is 1. The zero-order chi connectivity index (χ0) is 5.98. The first kappa shape index (κ1) is 6.05. The van der Waals surface area contributed by atoms with Crippen LogP contribution in [0, 0.1) is 5.92 Å². The molecule has 1 heterocycles. The second-order valence-corrected chi connectivity index (χ2v) is 2.27. The number of hydrogen-bond acceptors (Lipinski definition) is 2. The molecule has 1 fully saturated rings. The Kier molecular flexibility index (Phi) is 1.86. The molecule has 2 nitrogen and oxygen atoms in total. The third-order valence-electron chi connectivity index (χ3n) is 1.69. The van der Waals surface area contributed by atoms with Crippen LogP contribution in [0.25, 0.3) is 0 Å². The van der Waals surface area contributed by atoms with Gasteiger partial charge in [-0.1, -0.05) is 6.92 Å². The Morgan fingerprint density at radius 1 is 1.62 bits per heavy atom. The van der Waals surface area contributed by atoms with Crippen molar-refractivity contribution in [3.8, 4) is 0 Å². The summed E-state index contributed by atoms with van der Waals surface area (Å²) in [6.07, 6.45) is 0.834. The van der Waals surface area contributed by atoms with Gasteiger partial charge < -0.3 is 9.84 Å². The predicted octanol–water partition coefficient (Wildman–Crippen LogP) is 0.404. The summed E-state index contributed by atoms with van der Waals surface area (Å²) in [5.74, 6) is 0.398. The van der Waals surface area contributed by atoms with Crippen molar-refractivity contribution in [3.63, 3.8) is 0 Å². The Hall–Kier alpha value is -0.0800. The molecule has 8 heavy (non-hydrogen) atoms. The van der Waals surface area contributed by atoms with Crippen molar-refractivity contribution in [1.29, 1.82) is 0 Å². The summed E-state index contributed by atoms with van der Waals surface area (Å²) in [6, 6.07) is 0. The minimum atomic E-state index is -0.194. The maximum atomic E-state index is 9.06. The van der Waals surface area contributed by atoms with E-state index in [1.807, 2.05) is 0 Å². The first-order chi connectivity index (χ1) is 3.84. The van der Waals surface area contributed by atoms with Gasteiger partial charge in [-0.3, -0.25) is 0 Å². The van der Waals surface area contributed by atoms with E-state index >= 15 is 0 Å². The second kappa shape index (κ2) is 2.46. The van der Waals surface area contributed by atoms with Crippen LogP contribution >= 0.6 is 0 Å². The normalized spacial score (nSPS) is 38.2. The SMILES string of the molecule is CC[C@@H]1COC[C@@H]1O. The van der Waals surface area contributed by atoms with Crippen LogP contribution in [-0.4, -0.2) is 24.4 Å². The number of ether oxygens (including phenoxy) is 1. The van der Waals surface area contributed by atoms with Crippen LogP contribution in [0.3, 0.4) is 0 Å². The summed E-state index contributed by atoms with van der Waals surface area (Å²) in [7, 11) is 0. The summed E-state index contributed by atoms with van der Waals surface area (Å²) in [6.45, 7) is 3.36. The molecule has 0 aromatic rings. The van der Waals surface area contributed by atoms with Gasteiger partial charge in [-0.05, 0) is 6.42 Å². The maximum absolute atomic E-state index is 9.06. The molecular formula is C6H12O2. The molecule has 2 heteroatoms. The number of hydrogen-bond donors (Lipinski definition) is 1. The molecule has 0 saturated carbocycles. The molecule has 0 aromatic carbocycles. The van der Waals surface area contributed by atoms with Crippen LogP contribution in [-0.2, 0) is 4.74 Å². The Labute approximate surface area is 49.5 Å². The minimum absolute atomic E-state index is 0.194. The highest BCUT2D eigenvalue weighted by Crippen LogP contribution is 2.15. The third kappa shape index (κ3) is 1.01. The maximum Gasteiger partial charge on any atom is 0.0823 e. The molecule has 0 spiro atoms. The fourth-order valence-corrected chi connectivity index (χ4v) is 0.977. The van der Waals surface area contributed by atoms with Crippen LogP contribution in [0.5, 0.6) is 0 Å². The van der Waals surface area contributed by atoms with Crippen LogP contribution in [0.15, 0.2) is 0 Å². The summed E-state index contributed by atoms with van der Waals surface area (Å²) < 4.78 is 5.01. The fraction of sp³-hybridized carbons (Fsp3) is 1.00. The fourth-order valence-electron chi connectivity index (χ4n) is 0.977. The van der Waals surface area contributed by atoms with Gasteiger partial charge in [0.2, 0.25) is 0 Å². The molecule has 0 radical (unpaired) electrons. The van der Waals surface area contributed by atoms with Gasteiger partial charge in [0.15, 0.2) is 0 Å². The summed E-state index contributed by atoms with van der Waals surface area (Å²) in [5, 5.41) is 9.06. The lowest BCUT2D eigenvalue weighted by Gasteiger charge is -2.06. The van der Waals surface area contributed by atoms with E-state index in [9.17, 15) is 0 Å². The number of rotatable bonds is 1. The lowest BCUT2D eigenvalue weighted by atomic mass is 10.0. The molecule has 0 unspecified atom stereocenters. The van der Waals surface area contributed by atoms with E-state index in [4.69, 9.17) is 9.84 Å². The second-order valence-electron chi connectivity index (χ2n) is 2.27. The summed E-state index contributed by atoms with van der Waals surface area (Å²) >= 11 is 0. The van der Waals surface area contributed by atoms with E-state index in [-0.39, 0.29) is 6.10 Å². The number of aliphatic hydroxyl groups is 1. The highest BCUT2D eigenvalue weighted by atomic mass is 16.5. The van der Waals surface area contributed by atoms with Crippen molar-refractivity contribution in [1.82, 2.24) is 0 Å². The molecule has 1 aliphatic rings. The standard InChI is InChI=1S/C6H12O2/c1-2-5-3-8-4-6(5)7/h5-7H,2-4H2,1H3/t5-,6+/m1/s1. The van der Waals surface area contributed by atoms with Crippen molar-refractivity contribution < 1.29 is 9.84 Å². The average Bonchev–Trinajstić information content (AvgIpc) is 2.14. The molecule has 1 saturated heterocycles. The van der Waals surface area contributed by atoms with Crippen molar-refractivity contribution >= 4 is 0 Å². The van der Waals surface area contributed by atoms with Crippen LogP contribution in [0.1, 0.15) is 13.3 Å². The van der Waals surface area contributed by atoms with Crippen molar-refractivity contribution in [2.24, 2.45) is 5.92 Å². The van der Waals surface area contributed by atoms with Gasteiger partial charge in [-0.25, -0.2) is 0 Å². The smallest absolute Gasteiger partial charge is 0.0823 e. The monoisotopic (exact) mass is 116 g/mol. The van der Waals surface area contributed by atoms with Gasteiger partial charge in [0.1, 0.15) is 0 Å². The topological polar surface area (TPSA) is 29.5 Å². The molecule has 48 valence electrons. The summed E-state index contributed by atoms with van der Waals surface area (Å²) in [4.78, 5) is 0. The first-order valence-corrected chi connectivity index (χ1v) is 3.10. The summed E-state index contributed by atoms with van der Waals surface area (Å²) in [5.41, 5.74) is 0. The average molecular weight is 116 g/mol. The van der Waals surface area contributed by atoms with Gasteiger partial charge in [0.05, 0.1) is 19.3 Å². The van der Waals surface area contributed by atoms with Crippen LogP contribution < -0.4 is 0 Å². The lowest BCUT2D eigenvalue weighted by Crippen LogP contribution is -2.16. The van der Waals surface area contributed by atoms with Crippen LogP contribution in [0.2, 0.25) is 0 Å². The van der Waals surface area contributed by atoms with Crippen molar-refractivity contribution in [3.05, 3.63) is 0 Å². The Balaban J connectivity index is 2.30. The van der Waals surface area contributed by atoms with Gasteiger partial charge >= 0.3 is 0 Å². The molecule has 0 aromatic heterocycles. The Morgan fingerprint density at radius 2 is 2.38 bits per heavy atom. The van der Waals surface area contributed by atoms with Gasteiger partial charge in [-0.2, -0.15) is 0 Å². The van der Waals surface area contributed by atoms with Gasteiger partial charge in [-0.15, -0.1) is 0 Å². The Morgan fingerprint density at radius 3 is 2.62 bits per heavy atom. The third-order valence-corrected chi connectivity index (χ3v) is 1.69. The molecule has 0 bridgehead atoms.